The molecule has 7 nitrogen and oxygen atoms in total. The minimum absolute atomic E-state index is 0.0184. The summed E-state index contributed by atoms with van der Waals surface area (Å²) < 4.78 is 8.15. The van der Waals surface area contributed by atoms with Gasteiger partial charge in [0.1, 0.15) is 17.2 Å². The minimum atomic E-state index is -0.493. The van der Waals surface area contributed by atoms with Crippen LogP contribution in [0.1, 0.15) is 16.4 Å². The van der Waals surface area contributed by atoms with Gasteiger partial charge < -0.3 is 5.32 Å². The molecule has 3 rings (SSSR count). The third kappa shape index (κ3) is 2.21. The van der Waals surface area contributed by atoms with Gasteiger partial charge in [-0.05, 0) is 13.0 Å². The van der Waals surface area contributed by atoms with Crippen LogP contribution in [0.2, 0.25) is 10.0 Å². The van der Waals surface area contributed by atoms with Crippen LogP contribution in [0.25, 0.3) is 0 Å². The lowest BCUT2D eigenvalue weighted by Gasteiger charge is -2.09. The summed E-state index contributed by atoms with van der Waals surface area (Å²) in [5, 5.41) is 9.65. The Morgan fingerprint density at radius 1 is 1.30 bits per heavy atom. The molecule has 1 aromatic carbocycles. The van der Waals surface area contributed by atoms with Crippen LogP contribution in [0.5, 0.6) is 0 Å². The van der Waals surface area contributed by atoms with Crippen molar-refractivity contribution in [3.8, 4) is 0 Å². The van der Waals surface area contributed by atoms with E-state index in [9.17, 15) is 4.79 Å². The van der Waals surface area contributed by atoms with Gasteiger partial charge in [0.05, 0.1) is 27.1 Å². The van der Waals surface area contributed by atoms with E-state index >= 15 is 0 Å². The van der Waals surface area contributed by atoms with Crippen LogP contribution < -0.4 is 5.32 Å². The zero-order chi connectivity index (χ0) is 14.3. The third-order valence-corrected chi connectivity index (χ3v) is 3.60. The molecule has 1 aromatic heterocycles. The highest BCUT2D eigenvalue weighted by molar-refractivity contribution is 7.58. The number of carbonyl (C=O) groups excluding carboxylic acids is 1. The first-order valence-electron chi connectivity index (χ1n) is 5.37. The number of hydrogen-bond donors (Lipinski definition) is 2. The molecule has 2 N–H and O–H groups in total. The van der Waals surface area contributed by atoms with E-state index in [4.69, 9.17) is 23.2 Å². The molecule has 0 atom stereocenters. The van der Waals surface area contributed by atoms with Crippen LogP contribution in [0.3, 0.4) is 0 Å². The summed E-state index contributed by atoms with van der Waals surface area (Å²) >= 11 is 13.1. The first-order valence-corrected chi connectivity index (χ1v) is 6.85. The van der Waals surface area contributed by atoms with Gasteiger partial charge in [0.25, 0.3) is 5.91 Å². The molecule has 2 heterocycles. The van der Waals surface area contributed by atoms with Crippen LogP contribution in [0.15, 0.2) is 14.8 Å². The van der Waals surface area contributed by atoms with Gasteiger partial charge in [0.2, 0.25) is 5.82 Å². The van der Waals surface area contributed by atoms with Crippen molar-refractivity contribution in [2.24, 2.45) is 8.73 Å². The number of benzene rings is 1. The van der Waals surface area contributed by atoms with Crippen molar-refractivity contribution in [1.82, 2.24) is 15.2 Å². The number of fused-ring (bicyclic) bond motifs is 1. The second kappa shape index (κ2) is 4.97. The van der Waals surface area contributed by atoms with Gasteiger partial charge in [-0.3, -0.25) is 9.89 Å². The molecular weight excluding hydrogens is 323 g/mol. The number of aryl methyl sites for hydroxylation is 1. The van der Waals surface area contributed by atoms with Gasteiger partial charge in [-0.1, -0.05) is 23.2 Å². The number of rotatable bonds is 2. The number of aromatic amines is 1. The van der Waals surface area contributed by atoms with E-state index in [0.29, 0.717) is 27.9 Å². The first-order chi connectivity index (χ1) is 9.56. The molecule has 0 radical (unpaired) electrons. The SMILES string of the molecule is Cc1nc(C(=O)Nc2c(Cl)cc(Cl)c3c2N=S=N3)n[nH]1. The Bertz CT molecular complexity index is 795. The Kier molecular flexibility index (Phi) is 3.28. The Labute approximate surface area is 126 Å². The molecule has 0 spiro atoms. The molecule has 0 unspecified atom stereocenters. The average molecular weight is 329 g/mol. The van der Waals surface area contributed by atoms with Crippen LogP contribution >= 0.6 is 23.2 Å². The van der Waals surface area contributed by atoms with Gasteiger partial charge in [0, 0.05) is 0 Å². The fourth-order valence-electron chi connectivity index (χ4n) is 1.61. The summed E-state index contributed by atoms with van der Waals surface area (Å²) in [6, 6.07) is 1.51. The summed E-state index contributed by atoms with van der Waals surface area (Å²) in [6.07, 6.45) is 0. The molecule has 0 aliphatic carbocycles. The summed E-state index contributed by atoms with van der Waals surface area (Å²) in [4.78, 5) is 16.0. The smallest absolute Gasteiger partial charge is 0.295 e. The van der Waals surface area contributed by atoms with E-state index in [2.05, 4.69) is 29.2 Å². The maximum atomic E-state index is 12.0. The molecule has 10 heteroatoms. The highest BCUT2D eigenvalue weighted by atomic mass is 35.5. The highest BCUT2D eigenvalue weighted by Gasteiger charge is 2.22. The monoisotopic (exact) mass is 328 g/mol. The summed E-state index contributed by atoms with van der Waals surface area (Å²) in [6.45, 7) is 1.70. The van der Waals surface area contributed by atoms with E-state index in [1.807, 2.05) is 0 Å². The fourth-order valence-corrected chi connectivity index (χ4v) is 2.77. The van der Waals surface area contributed by atoms with E-state index in [1.54, 1.807) is 6.92 Å². The minimum Gasteiger partial charge on any atom is -0.316 e. The Balaban J connectivity index is 1.98. The number of aromatic nitrogens is 3. The van der Waals surface area contributed by atoms with Crippen molar-refractivity contribution in [1.29, 1.82) is 0 Å². The molecule has 1 aliphatic heterocycles. The molecule has 0 bridgehead atoms. The molecule has 0 saturated carbocycles. The zero-order valence-corrected chi connectivity index (χ0v) is 12.3. The average Bonchev–Trinajstić information content (AvgIpc) is 3.02. The number of carbonyl (C=O) groups is 1. The van der Waals surface area contributed by atoms with Crippen LogP contribution in [0, 0.1) is 6.92 Å². The second-order valence-corrected chi connectivity index (χ2v) is 5.22. The second-order valence-electron chi connectivity index (χ2n) is 3.88. The Morgan fingerprint density at radius 3 is 2.75 bits per heavy atom. The van der Waals surface area contributed by atoms with Crippen molar-refractivity contribution < 1.29 is 4.79 Å². The van der Waals surface area contributed by atoms with Crippen molar-refractivity contribution in [3.63, 3.8) is 0 Å². The van der Waals surface area contributed by atoms with Crippen molar-refractivity contribution >= 4 is 57.5 Å². The van der Waals surface area contributed by atoms with Gasteiger partial charge in [-0.15, -0.1) is 5.10 Å². The maximum absolute atomic E-state index is 12.0. The lowest BCUT2D eigenvalue weighted by molar-refractivity contribution is 0.101. The molecule has 0 fully saturated rings. The van der Waals surface area contributed by atoms with Crippen LogP contribution in [-0.2, 0) is 11.4 Å². The molecule has 102 valence electrons. The molecule has 1 aliphatic rings. The number of halogens is 2. The van der Waals surface area contributed by atoms with Crippen molar-refractivity contribution in [2.75, 3.05) is 5.32 Å². The predicted octanol–water partition coefficient (Wildman–Crippen LogP) is 3.40. The maximum Gasteiger partial charge on any atom is 0.295 e. The predicted molar refractivity (Wildman–Crippen MR) is 77.1 cm³/mol. The summed E-state index contributed by atoms with van der Waals surface area (Å²) in [7, 11) is 0. The topological polar surface area (TPSA) is 95.4 Å². The van der Waals surface area contributed by atoms with Gasteiger partial charge >= 0.3 is 0 Å². The number of amides is 1. The number of nitrogens with one attached hydrogen (secondary N) is 2. The van der Waals surface area contributed by atoms with Crippen molar-refractivity contribution in [3.05, 3.63) is 27.8 Å². The number of nitrogens with zero attached hydrogens (tertiary/aromatic N) is 4. The number of H-pyrrole nitrogens is 1. The third-order valence-electron chi connectivity index (χ3n) is 2.48. The fraction of sp³-hybridized carbons (Fsp3) is 0.100. The number of hydrogen-bond acceptors (Lipinski definition) is 5. The van der Waals surface area contributed by atoms with E-state index in [1.165, 1.54) is 6.07 Å². The van der Waals surface area contributed by atoms with E-state index in [0.717, 1.165) is 11.4 Å². The van der Waals surface area contributed by atoms with E-state index < -0.39 is 5.91 Å². The summed E-state index contributed by atoms with van der Waals surface area (Å²) in [5.74, 6) is 0.0653. The van der Waals surface area contributed by atoms with Gasteiger partial charge in [-0.2, -0.15) is 8.73 Å². The Morgan fingerprint density at radius 2 is 2.05 bits per heavy atom. The summed E-state index contributed by atoms with van der Waals surface area (Å²) in [5.41, 5.74) is 1.27. The molecule has 0 saturated heterocycles. The Hall–Kier alpha value is -1.77. The quantitative estimate of drug-likeness (QED) is 0.754. The van der Waals surface area contributed by atoms with Gasteiger partial charge in [-0.25, -0.2) is 4.98 Å². The number of anilines is 1. The van der Waals surface area contributed by atoms with Crippen LogP contribution in [-0.4, -0.2) is 21.1 Å². The zero-order valence-electron chi connectivity index (χ0n) is 9.94. The molecule has 20 heavy (non-hydrogen) atoms. The first kappa shape index (κ1) is 13.2. The molecule has 2 aromatic rings. The molecular formula is C10H6Cl2N6OS. The van der Waals surface area contributed by atoms with Crippen LogP contribution in [0.4, 0.5) is 17.1 Å². The standard InChI is InChI=1S/C10H6Cl2N6OS/c1-3-13-9(16-15-3)10(19)14-6-4(11)2-5(12)7-8(6)18-20-17-7/h2H,1H3,(H,14,19)(H,13,15,16). The van der Waals surface area contributed by atoms with Gasteiger partial charge in [0.15, 0.2) is 0 Å². The molecule has 1 amide bonds. The highest BCUT2D eigenvalue weighted by Crippen LogP contribution is 2.47. The van der Waals surface area contributed by atoms with E-state index in [-0.39, 0.29) is 10.8 Å². The largest absolute Gasteiger partial charge is 0.316 e. The lowest BCUT2D eigenvalue weighted by atomic mass is 10.2. The lowest BCUT2D eigenvalue weighted by Crippen LogP contribution is -2.14. The normalized spacial score (nSPS) is 12.2. The van der Waals surface area contributed by atoms with Crippen molar-refractivity contribution in [2.45, 2.75) is 6.92 Å².